The standard InChI is InChI=1S/C26H22N4O4S/c1-17-14-24(30(29-17)22-9-5-7-20(16-22)27-2)26(32)28-21-8-4-6-19(15-21)25(31)18-10-12-23(13-11-18)35(3,33)34/h4-16,25,31H,1,3H3,(H,28,32). The number of carbonyl (C=O) groups excluding carboxylic acids is 1. The fourth-order valence-corrected chi connectivity index (χ4v) is 4.25. The molecular formula is C26H22N4O4S. The lowest BCUT2D eigenvalue weighted by Crippen LogP contribution is -2.17. The summed E-state index contributed by atoms with van der Waals surface area (Å²) in [5.74, 6) is -0.400. The van der Waals surface area contributed by atoms with Crippen LogP contribution in [-0.4, -0.2) is 35.5 Å². The quantitative estimate of drug-likeness (QED) is 0.391. The number of aliphatic hydroxyl groups excluding tert-OH is 1. The average molecular weight is 487 g/mol. The van der Waals surface area contributed by atoms with Crippen LogP contribution in [0.3, 0.4) is 0 Å². The van der Waals surface area contributed by atoms with Crippen LogP contribution < -0.4 is 5.32 Å². The van der Waals surface area contributed by atoms with E-state index < -0.39 is 21.8 Å². The second-order valence-corrected chi connectivity index (χ2v) is 10.1. The van der Waals surface area contributed by atoms with Gasteiger partial charge >= 0.3 is 0 Å². The zero-order valence-electron chi connectivity index (χ0n) is 19.0. The van der Waals surface area contributed by atoms with Crippen molar-refractivity contribution in [3.8, 4) is 5.69 Å². The third-order valence-corrected chi connectivity index (χ3v) is 6.48. The van der Waals surface area contributed by atoms with Crippen molar-refractivity contribution in [3.05, 3.63) is 113 Å². The highest BCUT2D eigenvalue weighted by Crippen LogP contribution is 2.26. The molecule has 35 heavy (non-hydrogen) atoms. The Kier molecular flexibility index (Phi) is 6.51. The fourth-order valence-electron chi connectivity index (χ4n) is 3.62. The maximum absolute atomic E-state index is 13.1. The zero-order chi connectivity index (χ0) is 25.2. The maximum Gasteiger partial charge on any atom is 0.274 e. The number of aliphatic hydroxyl groups is 1. The molecule has 0 saturated carbocycles. The molecule has 1 heterocycles. The molecule has 4 aromatic rings. The van der Waals surface area contributed by atoms with Crippen molar-refractivity contribution >= 4 is 27.1 Å². The summed E-state index contributed by atoms with van der Waals surface area (Å²) in [5.41, 5.74) is 3.50. The van der Waals surface area contributed by atoms with E-state index in [9.17, 15) is 18.3 Å². The number of benzene rings is 3. The smallest absolute Gasteiger partial charge is 0.274 e. The Balaban J connectivity index is 1.58. The van der Waals surface area contributed by atoms with E-state index in [0.29, 0.717) is 39.6 Å². The normalized spacial score (nSPS) is 12.1. The van der Waals surface area contributed by atoms with Gasteiger partial charge in [-0.25, -0.2) is 17.9 Å². The summed E-state index contributed by atoms with van der Waals surface area (Å²) in [6.45, 7) is 8.99. The van der Waals surface area contributed by atoms with Crippen LogP contribution in [-0.2, 0) is 9.84 Å². The molecule has 0 spiro atoms. The summed E-state index contributed by atoms with van der Waals surface area (Å²) in [6.07, 6.45) is 0.115. The minimum atomic E-state index is -3.33. The number of carbonyl (C=O) groups is 1. The van der Waals surface area contributed by atoms with Crippen LogP contribution in [0.2, 0.25) is 0 Å². The zero-order valence-corrected chi connectivity index (χ0v) is 19.8. The molecule has 9 heteroatoms. The van der Waals surface area contributed by atoms with Crippen LogP contribution in [0, 0.1) is 13.5 Å². The Morgan fingerprint density at radius 2 is 1.74 bits per heavy atom. The van der Waals surface area contributed by atoms with Gasteiger partial charge in [-0.1, -0.05) is 36.4 Å². The molecule has 1 amide bonds. The first-order valence-electron chi connectivity index (χ1n) is 10.6. The van der Waals surface area contributed by atoms with E-state index in [1.165, 1.54) is 16.8 Å². The summed E-state index contributed by atoms with van der Waals surface area (Å²) in [5, 5.41) is 18.0. The number of hydrogen-bond donors (Lipinski definition) is 2. The first kappa shape index (κ1) is 23.9. The molecule has 0 fully saturated rings. The largest absolute Gasteiger partial charge is 0.384 e. The van der Waals surface area contributed by atoms with Crippen LogP contribution in [0.4, 0.5) is 11.4 Å². The number of rotatable bonds is 6. The second-order valence-electron chi connectivity index (χ2n) is 8.04. The molecule has 0 aliphatic carbocycles. The predicted molar refractivity (Wildman–Crippen MR) is 133 cm³/mol. The Labute approximate surface area is 203 Å². The second kappa shape index (κ2) is 9.54. The summed E-state index contributed by atoms with van der Waals surface area (Å²) in [4.78, 5) is 16.7. The number of aromatic nitrogens is 2. The van der Waals surface area contributed by atoms with E-state index in [1.54, 1.807) is 73.7 Å². The lowest BCUT2D eigenvalue weighted by molar-refractivity contribution is 0.101. The molecule has 176 valence electrons. The van der Waals surface area contributed by atoms with Crippen LogP contribution in [0.15, 0.2) is 83.8 Å². The summed E-state index contributed by atoms with van der Waals surface area (Å²) in [6, 6.07) is 21.3. The monoisotopic (exact) mass is 486 g/mol. The van der Waals surface area contributed by atoms with Gasteiger partial charge in [-0.2, -0.15) is 5.10 Å². The molecule has 2 N–H and O–H groups in total. The highest BCUT2D eigenvalue weighted by atomic mass is 32.2. The Bertz CT molecular complexity index is 1550. The number of hydrogen-bond acceptors (Lipinski definition) is 5. The highest BCUT2D eigenvalue weighted by Gasteiger charge is 2.18. The molecule has 0 aliphatic rings. The van der Waals surface area contributed by atoms with Crippen molar-refractivity contribution in [3.63, 3.8) is 0 Å². The molecule has 0 bridgehead atoms. The number of anilines is 1. The number of nitrogens with one attached hydrogen (secondary N) is 1. The van der Waals surface area contributed by atoms with Crippen molar-refractivity contribution in [2.75, 3.05) is 11.6 Å². The Morgan fingerprint density at radius 1 is 1.03 bits per heavy atom. The van der Waals surface area contributed by atoms with E-state index in [4.69, 9.17) is 6.57 Å². The van der Waals surface area contributed by atoms with Crippen molar-refractivity contribution in [1.29, 1.82) is 0 Å². The number of aryl methyl sites for hydroxylation is 1. The van der Waals surface area contributed by atoms with Gasteiger partial charge in [0.2, 0.25) is 0 Å². The molecule has 0 saturated heterocycles. The molecule has 8 nitrogen and oxygen atoms in total. The minimum Gasteiger partial charge on any atom is -0.384 e. The summed E-state index contributed by atoms with van der Waals surface area (Å²) < 4.78 is 24.8. The fraction of sp³-hybridized carbons (Fsp3) is 0.115. The summed E-state index contributed by atoms with van der Waals surface area (Å²) >= 11 is 0. The number of amides is 1. The lowest BCUT2D eigenvalue weighted by Gasteiger charge is -2.14. The molecule has 0 radical (unpaired) electrons. The van der Waals surface area contributed by atoms with E-state index >= 15 is 0 Å². The molecule has 3 aromatic carbocycles. The Hall–Kier alpha value is -4.26. The van der Waals surface area contributed by atoms with Gasteiger partial charge in [0.15, 0.2) is 15.5 Å². The van der Waals surface area contributed by atoms with Crippen LogP contribution in [0.5, 0.6) is 0 Å². The molecule has 4 rings (SSSR count). The van der Waals surface area contributed by atoms with E-state index in [1.807, 2.05) is 0 Å². The van der Waals surface area contributed by atoms with E-state index in [-0.39, 0.29) is 4.90 Å². The van der Waals surface area contributed by atoms with Crippen molar-refractivity contribution in [2.45, 2.75) is 17.9 Å². The molecular weight excluding hydrogens is 464 g/mol. The predicted octanol–water partition coefficient (Wildman–Crippen LogP) is 4.47. The average Bonchev–Trinajstić information content (AvgIpc) is 3.25. The van der Waals surface area contributed by atoms with Crippen LogP contribution in [0.25, 0.3) is 10.5 Å². The van der Waals surface area contributed by atoms with Crippen molar-refractivity contribution < 1.29 is 18.3 Å². The SMILES string of the molecule is [C-]#[N+]c1cccc(-n2nc(C)cc2C(=O)Nc2cccc(C(O)c3ccc(S(C)(=O)=O)cc3)c2)c1. The number of sulfone groups is 1. The molecule has 1 atom stereocenters. The third kappa shape index (κ3) is 5.30. The summed E-state index contributed by atoms with van der Waals surface area (Å²) in [7, 11) is -3.33. The van der Waals surface area contributed by atoms with E-state index in [0.717, 1.165) is 6.26 Å². The third-order valence-electron chi connectivity index (χ3n) is 5.35. The van der Waals surface area contributed by atoms with Gasteiger partial charge in [-0.05, 0) is 60.5 Å². The van der Waals surface area contributed by atoms with Gasteiger partial charge in [-0.3, -0.25) is 4.79 Å². The van der Waals surface area contributed by atoms with Crippen molar-refractivity contribution in [1.82, 2.24) is 9.78 Å². The molecule has 1 aromatic heterocycles. The topological polar surface area (TPSA) is 106 Å². The highest BCUT2D eigenvalue weighted by molar-refractivity contribution is 7.90. The first-order valence-corrected chi connectivity index (χ1v) is 12.5. The van der Waals surface area contributed by atoms with Gasteiger partial charge in [0.05, 0.1) is 22.8 Å². The van der Waals surface area contributed by atoms with Gasteiger partial charge in [-0.15, -0.1) is 0 Å². The number of nitrogens with zero attached hydrogens (tertiary/aromatic N) is 3. The van der Waals surface area contributed by atoms with Gasteiger partial charge in [0.1, 0.15) is 11.8 Å². The minimum absolute atomic E-state index is 0.170. The van der Waals surface area contributed by atoms with Gasteiger partial charge in [0, 0.05) is 11.9 Å². The molecule has 1 unspecified atom stereocenters. The lowest BCUT2D eigenvalue weighted by atomic mass is 10.0. The van der Waals surface area contributed by atoms with Crippen LogP contribution >= 0.6 is 0 Å². The van der Waals surface area contributed by atoms with Gasteiger partial charge < -0.3 is 10.4 Å². The maximum atomic E-state index is 13.1. The first-order chi connectivity index (χ1) is 16.7. The van der Waals surface area contributed by atoms with Gasteiger partial charge in [0.25, 0.3) is 5.91 Å². The molecule has 0 aliphatic heterocycles. The van der Waals surface area contributed by atoms with Crippen molar-refractivity contribution in [2.24, 2.45) is 0 Å². The van der Waals surface area contributed by atoms with E-state index in [2.05, 4.69) is 15.3 Å². The Morgan fingerprint density at radius 3 is 2.43 bits per heavy atom. The van der Waals surface area contributed by atoms with Crippen LogP contribution in [0.1, 0.15) is 33.4 Å².